The standard InChI is InChI=1S/C16H19F3N2O4/c1-3-4-14(23)21-11-5-6-13(12(7-11)10(2)22)25-8-15(24)20-9-16(17,18)19/h5-7H,3-4,8-9H2,1-2H3,(H,20,24)(H,21,23). The first-order valence-corrected chi connectivity index (χ1v) is 7.53. The van der Waals surface area contributed by atoms with Gasteiger partial charge in [0, 0.05) is 12.1 Å². The third-order valence-electron chi connectivity index (χ3n) is 2.96. The topological polar surface area (TPSA) is 84.5 Å². The minimum Gasteiger partial charge on any atom is -0.483 e. The second-order valence-corrected chi connectivity index (χ2v) is 5.25. The number of alkyl halides is 3. The van der Waals surface area contributed by atoms with Crippen LogP contribution in [0.4, 0.5) is 18.9 Å². The predicted molar refractivity (Wildman–Crippen MR) is 84.5 cm³/mol. The number of carbonyl (C=O) groups excluding carboxylic acids is 3. The minimum atomic E-state index is -4.52. The van der Waals surface area contributed by atoms with Crippen LogP contribution >= 0.6 is 0 Å². The van der Waals surface area contributed by atoms with E-state index in [1.54, 1.807) is 5.32 Å². The lowest BCUT2D eigenvalue weighted by Gasteiger charge is -2.13. The van der Waals surface area contributed by atoms with Crippen LogP contribution in [0.3, 0.4) is 0 Å². The highest BCUT2D eigenvalue weighted by Gasteiger charge is 2.27. The van der Waals surface area contributed by atoms with Crippen LogP contribution < -0.4 is 15.4 Å². The SMILES string of the molecule is CCCC(=O)Nc1ccc(OCC(=O)NCC(F)(F)F)c(C(C)=O)c1. The molecule has 138 valence electrons. The molecule has 0 aliphatic heterocycles. The molecule has 2 N–H and O–H groups in total. The fourth-order valence-corrected chi connectivity index (χ4v) is 1.85. The second-order valence-electron chi connectivity index (χ2n) is 5.25. The third-order valence-corrected chi connectivity index (χ3v) is 2.96. The van der Waals surface area contributed by atoms with Gasteiger partial charge in [-0.2, -0.15) is 13.2 Å². The van der Waals surface area contributed by atoms with E-state index in [0.717, 1.165) is 0 Å². The largest absolute Gasteiger partial charge is 0.483 e. The summed E-state index contributed by atoms with van der Waals surface area (Å²) < 4.78 is 41.2. The van der Waals surface area contributed by atoms with Gasteiger partial charge < -0.3 is 15.4 Å². The van der Waals surface area contributed by atoms with E-state index in [1.165, 1.54) is 25.1 Å². The fourth-order valence-electron chi connectivity index (χ4n) is 1.85. The van der Waals surface area contributed by atoms with Gasteiger partial charge in [0.15, 0.2) is 12.4 Å². The maximum absolute atomic E-state index is 12.0. The highest BCUT2D eigenvalue weighted by Crippen LogP contribution is 2.24. The van der Waals surface area contributed by atoms with Crippen molar-refractivity contribution in [1.29, 1.82) is 0 Å². The molecule has 0 atom stereocenters. The van der Waals surface area contributed by atoms with Gasteiger partial charge in [-0.25, -0.2) is 0 Å². The average Bonchev–Trinajstić information content (AvgIpc) is 2.51. The van der Waals surface area contributed by atoms with Gasteiger partial charge in [-0.3, -0.25) is 14.4 Å². The van der Waals surface area contributed by atoms with Crippen LogP contribution in [0.15, 0.2) is 18.2 Å². The minimum absolute atomic E-state index is 0.0446. The number of ether oxygens (including phenoxy) is 1. The number of nitrogens with one attached hydrogen (secondary N) is 2. The van der Waals surface area contributed by atoms with Crippen LogP contribution in [0.2, 0.25) is 0 Å². The summed E-state index contributed by atoms with van der Waals surface area (Å²) in [5, 5.41) is 4.28. The first-order chi connectivity index (χ1) is 11.6. The van der Waals surface area contributed by atoms with Crippen molar-refractivity contribution in [2.75, 3.05) is 18.5 Å². The van der Waals surface area contributed by atoms with Crippen LogP contribution in [-0.4, -0.2) is 36.9 Å². The Balaban J connectivity index is 2.74. The molecule has 9 heteroatoms. The lowest BCUT2D eigenvalue weighted by atomic mass is 10.1. The third kappa shape index (κ3) is 7.69. The molecule has 25 heavy (non-hydrogen) atoms. The molecule has 0 saturated heterocycles. The molecule has 0 fully saturated rings. The van der Waals surface area contributed by atoms with Crippen LogP contribution in [0, 0.1) is 0 Å². The molecule has 1 aromatic carbocycles. The van der Waals surface area contributed by atoms with Crippen molar-refractivity contribution >= 4 is 23.3 Å². The second kappa shape index (κ2) is 9.05. The van der Waals surface area contributed by atoms with E-state index in [9.17, 15) is 27.6 Å². The number of benzene rings is 1. The Bertz CT molecular complexity index is 645. The van der Waals surface area contributed by atoms with Crippen molar-refractivity contribution in [2.24, 2.45) is 0 Å². The van der Waals surface area contributed by atoms with Crippen molar-refractivity contribution in [3.8, 4) is 5.75 Å². The molecule has 0 aliphatic carbocycles. The Morgan fingerprint density at radius 2 is 1.84 bits per heavy atom. The van der Waals surface area contributed by atoms with Crippen molar-refractivity contribution in [3.63, 3.8) is 0 Å². The molecular formula is C16H19F3N2O4. The highest BCUT2D eigenvalue weighted by atomic mass is 19.4. The Hall–Kier alpha value is -2.58. The van der Waals surface area contributed by atoms with Crippen molar-refractivity contribution in [1.82, 2.24) is 5.32 Å². The van der Waals surface area contributed by atoms with E-state index in [0.29, 0.717) is 18.5 Å². The Morgan fingerprint density at radius 3 is 2.40 bits per heavy atom. The highest BCUT2D eigenvalue weighted by molar-refractivity contribution is 5.99. The zero-order valence-corrected chi connectivity index (χ0v) is 13.8. The van der Waals surface area contributed by atoms with Crippen molar-refractivity contribution in [3.05, 3.63) is 23.8 Å². The van der Waals surface area contributed by atoms with Crippen molar-refractivity contribution < 1.29 is 32.3 Å². The Morgan fingerprint density at radius 1 is 1.16 bits per heavy atom. The quantitative estimate of drug-likeness (QED) is 0.698. The first-order valence-electron chi connectivity index (χ1n) is 7.53. The van der Waals surface area contributed by atoms with Gasteiger partial charge in [-0.05, 0) is 31.5 Å². The molecule has 0 aromatic heterocycles. The van der Waals surface area contributed by atoms with E-state index < -0.39 is 25.2 Å². The van der Waals surface area contributed by atoms with Gasteiger partial charge in [-0.1, -0.05) is 6.92 Å². The molecule has 0 saturated carbocycles. The molecule has 1 aromatic rings. The summed E-state index contributed by atoms with van der Waals surface area (Å²) in [5.74, 6) is -1.51. The summed E-state index contributed by atoms with van der Waals surface area (Å²) in [6.45, 7) is 0.986. The van der Waals surface area contributed by atoms with E-state index in [4.69, 9.17) is 4.74 Å². The van der Waals surface area contributed by atoms with Gasteiger partial charge >= 0.3 is 6.18 Å². The summed E-state index contributed by atoms with van der Waals surface area (Å²) in [6.07, 6.45) is -3.52. The molecule has 6 nitrogen and oxygen atoms in total. The van der Waals surface area contributed by atoms with E-state index in [1.807, 2.05) is 6.92 Å². The first kappa shape index (κ1) is 20.5. The number of ketones is 1. The monoisotopic (exact) mass is 360 g/mol. The number of Topliss-reactive ketones (excluding diaryl/α,β-unsaturated/α-hetero) is 1. The predicted octanol–water partition coefficient (Wildman–Crippen LogP) is 2.69. The molecule has 0 bridgehead atoms. The molecule has 0 unspecified atom stereocenters. The van der Waals surface area contributed by atoms with Crippen LogP contribution in [-0.2, 0) is 9.59 Å². The summed E-state index contributed by atoms with van der Waals surface area (Å²) >= 11 is 0. The lowest BCUT2D eigenvalue weighted by Crippen LogP contribution is -2.36. The fraction of sp³-hybridized carbons (Fsp3) is 0.438. The van der Waals surface area contributed by atoms with Gasteiger partial charge in [0.05, 0.1) is 5.56 Å². The number of anilines is 1. The van der Waals surface area contributed by atoms with Gasteiger partial charge in [-0.15, -0.1) is 0 Å². The summed E-state index contributed by atoms with van der Waals surface area (Å²) in [7, 11) is 0. The lowest BCUT2D eigenvalue weighted by molar-refractivity contribution is -0.139. The summed E-state index contributed by atoms with van der Waals surface area (Å²) in [6, 6.07) is 4.23. The normalized spacial score (nSPS) is 10.9. The van der Waals surface area contributed by atoms with E-state index >= 15 is 0 Å². The smallest absolute Gasteiger partial charge is 0.405 e. The van der Waals surface area contributed by atoms with Crippen LogP contribution in [0.25, 0.3) is 0 Å². The number of hydrogen-bond donors (Lipinski definition) is 2. The average molecular weight is 360 g/mol. The maximum Gasteiger partial charge on any atom is 0.405 e. The Kier molecular flexibility index (Phi) is 7.41. The zero-order valence-electron chi connectivity index (χ0n) is 13.8. The number of halogens is 3. The molecule has 0 aliphatic rings. The van der Waals surface area contributed by atoms with Crippen molar-refractivity contribution in [2.45, 2.75) is 32.9 Å². The van der Waals surface area contributed by atoms with Gasteiger partial charge in [0.2, 0.25) is 5.91 Å². The zero-order chi connectivity index (χ0) is 19.0. The summed E-state index contributed by atoms with van der Waals surface area (Å²) in [4.78, 5) is 34.6. The molecule has 0 spiro atoms. The molecule has 2 amide bonds. The molecule has 0 radical (unpaired) electrons. The van der Waals surface area contributed by atoms with Gasteiger partial charge in [0.25, 0.3) is 5.91 Å². The Labute approximate surface area is 142 Å². The number of hydrogen-bond acceptors (Lipinski definition) is 4. The molecular weight excluding hydrogens is 341 g/mol. The van der Waals surface area contributed by atoms with E-state index in [-0.39, 0.29) is 23.0 Å². The molecule has 0 heterocycles. The van der Waals surface area contributed by atoms with Crippen LogP contribution in [0.1, 0.15) is 37.0 Å². The number of amides is 2. The maximum atomic E-state index is 12.0. The van der Waals surface area contributed by atoms with Crippen LogP contribution in [0.5, 0.6) is 5.75 Å². The summed E-state index contributed by atoms with van der Waals surface area (Å²) in [5.41, 5.74) is 0.496. The van der Waals surface area contributed by atoms with Gasteiger partial charge in [0.1, 0.15) is 12.3 Å². The molecule has 1 rings (SSSR count). The number of rotatable bonds is 8. The number of carbonyl (C=O) groups is 3. The van der Waals surface area contributed by atoms with E-state index in [2.05, 4.69) is 5.32 Å².